The average molecular weight is 395 g/mol. The molecule has 5 aliphatic rings. The minimum Gasteiger partial charge on any atom is -0.379 e. The molecule has 154 valence electrons. The molecule has 4 fully saturated rings. The molecule has 0 radical (unpaired) electrons. The highest BCUT2D eigenvalue weighted by atomic mass is 35.5. The minimum absolute atomic E-state index is 0. The van der Waals surface area contributed by atoms with Gasteiger partial charge in [-0.3, -0.25) is 4.90 Å². The number of halogens is 1. The van der Waals surface area contributed by atoms with Crippen molar-refractivity contribution < 1.29 is 4.74 Å². The second-order valence-electron chi connectivity index (χ2n) is 9.65. The lowest BCUT2D eigenvalue weighted by Gasteiger charge is -2.46. The van der Waals surface area contributed by atoms with Crippen molar-refractivity contribution in [1.29, 1.82) is 0 Å². The highest BCUT2D eigenvalue weighted by molar-refractivity contribution is 5.85. The van der Waals surface area contributed by atoms with E-state index in [4.69, 9.17) is 4.74 Å². The standard InChI is InChI=1S/C23H38N2O.ClH/c1-3-8-20-18(6-1)19-7-2-4-9-21(19)23-17-25(16-22(20)23)11-5-10-24-12-14-26-15-13-24;/h20-23H,1-17H2;1H. The minimum atomic E-state index is 0. The van der Waals surface area contributed by atoms with Gasteiger partial charge in [0, 0.05) is 26.2 Å². The molecular formula is C23H39ClN2O. The van der Waals surface area contributed by atoms with E-state index >= 15 is 0 Å². The Morgan fingerprint density at radius 1 is 0.741 bits per heavy atom. The Bertz CT molecular complexity index is 496. The topological polar surface area (TPSA) is 15.7 Å². The fraction of sp³-hybridized carbons (Fsp3) is 0.913. The van der Waals surface area contributed by atoms with E-state index in [0.717, 1.165) is 50.0 Å². The predicted octanol–water partition coefficient (Wildman–Crippen LogP) is 4.37. The van der Waals surface area contributed by atoms with E-state index in [1.54, 1.807) is 0 Å². The molecule has 4 unspecified atom stereocenters. The van der Waals surface area contributed by atoms with E-state index in [2.05, 4.69) is 9.80 Å². The van der Waals surface area contributed by atoms with Crippen molar-refractivity contribution in [3.63, 3.8) is 0 Å². The first kappa shape index (κ1) is 20.2. The van der Waals surface area contributed by atoms with Crippen LogP contribution in [-0.2, 0) is 4.74 Å². The van der Waals surface area contributed by atoms with Crippen molar-refractivity contribution in [1.82, 2.24) is 9.80 Å². The number of hydrogen-bond acceptors (Lipinski definition) is 3. The van der Waals surface area contributed by atoms with Crippen molar-refractivity contribution in [3.05, 3.63) is 11.1 Å². The van der Waals surface area contributed by atoms with Crippen LogP contribution in [0.4, 0.5) is 0 Å². The number of fused-ring (bicyclic) bond motifs is 5. The van der Waals surface area contributed by atoms with Gasteiger partial charge in [0.15, 0.2) is 0 Å². The molecule has 0 amide bonds. The molecule has 0 aromatic carbocycles. The third-order valence-corrected chi connectivity index (χ3v) is 8.30. The van der Waals surface area contributed by atoms with E-state index in [9.17, 15) is 0 Å². The van der Waals surface area contributed by atoms with Gasteiger partial charge in [0.05, 0.1) is 13.2 Å². The molecule has 2 saturated carbocycles. The number of allylic oxidation sites excluding steroid dienone is 2. The van der Waals surface area contributed by atoms with Gasteiger partial charge in [-0.2, -0.15) is 0 Å². The number of nitrogens with zero attached hydrogens (tertiary/aromatic N) is 2. The maximum Gasteiger partial charge on any atom is 0.0594 e. The molecule has 2 saturated heterocycles. The Kier molecular flexibility index (Phi) is 6.85. The van der Waals surface area contributed by atoms with Gasteiger partial charge in [0.25, 0.3) is 0 Å². The van der Waals surface area contributed by atoms with Gasteiger partial charge in [0.1, 0.15) is 0 Å². The summed E-state index contributed by atoms with van der Waals surface area (Å²) in [4.78, 5) is 5.46. The zero-order chi connectivity index (χ0) is 17.3. The Hall–Kier alpha value is -0.0900. The molecule has 4 atom stereocenters. The van der Waals surface area contributed by atoms with Crippen molar-refractivity contribution in [2.75, 3.05) is 52.5 Å². The Balaban J connectivity index is 0.00000180. The van der Waals surface area contributed by atoms with E-state index < -0.39 is 0 Å². The molecule has 2 aliphatic heterocycles. The first-order valence-corrected chi connectivity index (χ1v) is 11.6. The molecule has 3 nitrogen and oxygen atoms in total. The summed E-state index contributed by atoms with van der Waals surface area (Å²) in [5, 5.41) is 0. The Morgan fingerprint density at radius 3 is 1.89 bits per heavy atom. The molecule has 4 heteroatoms. The van der Waals surface area contributed by atoms with Crippen LogP contribution >= 0.6 is 12.4 Å². The second-order valence-corrected chi connectivity index (χ2v) is 9.65. The zero-order valence-electron chi connectivity index (χ0n) is 17.0. The van der Waals surface area contributed by atoms with Gasteiger partial charge in [-0.1, -0.05) is 24.0 Å². The molecule has 0 aromatic rings. The van der Waals surface area contributed by atoms with E-state index in [-0.39, 0.29) is 12.4 Å². The molecule has 27 heavy (non-hydrogen) atoms. The van der Waals surface area contributed by atoms with E-state index in [0.29, 0.717) is 0 Å². The fourth-order valence-electron chi connectivity index (χ4n) is 7.14. The maximum absolute atomic E-state index is 5.49. The van der Waals surface area contributed by atoms with Gasteiger partial charge in [-0.15, -0.1) is 12.4 Å². The van der Waals surface area contributed by atoms with Crippen molar-refractivity contribution >= 4 is 12.4 Å². The van der Waals surface area contributed by atoms with Crippen LogP contribution < -0.4 is 0 Å². The lowest BCUT2D eigenvalue weighted by Crippen LogP contribution is -2.38. The lowest BCUT2D eigenvalue weighted by molar-refractivity contribution is 0.0363. The summed E-state index contributed by atoms with van der Waals surface area (Å²) in [7, 11) is 0. The third-order valence-electron chi connectivity index (χ3n) is 8.30. The van der Waals surface area contributed by atoms with Crippen LogP contribution in [0.1, 0.15) is 57.8 Å². The first-order valence-electron chi connectivity index (χ1n) is 11.6. The number of likely N-dealkylation sites (tertiary alicyclic amines) is 1. The Labute approximate surface area is 172 Å². The number of morpholine rings is 1. The summed E-state index contributed by atoms with van der Waals surface area (Å²) in [5.74, 6) is 3.95. The van der Waals surface area contributed by atoms with Crippen LogP contribution in [0.25, 0.3) is 0 Å². The van der Waals surface area contributed by atoms with Crippen molar-refractivity contribution in [3.8, 4) is 0 Å². The molecule has 0 spiro atoms. The molecule has 5 rings (SSSR count). The van der Waals surface area contributed by atoms with Gasteiger partial charge < -0.3 is 9.64 Å². The summed E-state index contributed by atoms with van der Waals surface area (Å²) < 4.78 is 5.49. The number of hydrogen-bond donors (Lipinski definition) is 0. The second kappa shape index (κ2) is 9.15. The van der Waals surface area contributed by atoms with Gasteiger partial charge >= 0.3 is 0 Å². The highest BCUT2D eigenvalue weighted by Crippen LogP contribution is 2.54. The largest absolute Gasteiger partial charge is 0.379 e. The van der Waals surface area contributed by atoms with Crippen LogP contribution in [0.2, 0.25) is 0 Å². The summed E-state index contributed by atoms with van der Waals surface area (Å²) in [6.07, 6.45) is 13.2. The predicted molar refractivity (Wildman–Crippen MR) is 113 cm³/mol. The third kappa shape index (κ3) is 4.13. The molecular weight excluding hydrogens is 356 g/mol. The average Bonchev–Trinajstić information content (AvgIpc) is 3.14. The van der Waals surface area contributed by atoms with Gasteiger partial charge in [0.2, 0.25) is 0 Å². The molecule has 2 heterocycles. The number of ether oxygens (including phenoxy) is 1. The molecule has 0 aromatic heterocycles. The SMILES string of the molecule is C1CCC2C(=C3CCCCC3C3CN(CCCN4CCOCC4)CC23)C1.Cl. The van der Waals surface area contributed by atoms with E-state index in [1.807, 2.05) is 11.1 Å². The quantitative estimate of drug-likeness (QED) is 0.658. The van der Waals surface area contributed by atoms with Crippen molar-refractivity contribution in [2.45, 2.75) is 57.8 Å². The normalized spacial score (nSPS) is 37.3. The van der Waals surface area contributed by atoms with E-state index in [1.165, 1.54) is 84.0 Å². The van der Waals surface area contributed by atoms with Gasteiger partial charge in [-0.25, -0.2) is 0 Å². The van der Waals surface area contributed by atoms with Crippen LogP contribution in [-0.4, -0.2) is 62.3 Å². The molecule has 0 bridgehead atoms. The summed E-state index contributed by atoms with van der Waals surface area (Å²) in [6, 6.07) is 0. The van der Waals surface area contributed by atoms with Crippen LogP contribution in [0.5, 0.6) is 0 Å². The number of rotatable bonds is 4. The van der Waals surface area contributed by atoms with Crippen molar-refractivity contribution in [2.24, 2.45) is 23.7 Å². The zero-order valence-corrected chi connectivity index (χ0v) is 17.9. The molecule has 3 aliphatic carbocycles. The van der Waals surface area contributed by atoms with Crippen LogP contribution in [0, 0.1) is 23.7 Å². The maximum atomic E-state index is 5.49. The van der Waals surface area contributed by atoms with Crippen LogP contribution in [0.15, 0.2) is 11.1 Å². The summed E-state index contributed by atoms with van der Waals surface area (Å²) in [6.45, 7) is 9.59. The first-order chi connectivity index (χ1) is 12.9. The summed E-state index contributed by atoms with van der Waals surface area (Å²) >= 11 is 0. The Morgan fingerprint density at radius 2 is 1.30 bits per heavy atom. The van der Waals surface area contributed by atoms with Gasteiger partial charge in [-0.05, 0) is 81.7 Å². The fourth-order valence-corrected chi connectivity index (χ4v) is 7.14. The smallest absolute Gasteiger partial charge is 0.0594 e. The lowest BCUT2D eigenvalue weighted by atomic mass is 9.58. The molecule has 0 N–H and O–H groups in total. The monoisotopic (exact) mass is 394 g/mol. The van der Waals surface area contributed by atoms with Crippen LogP contribution in [0.3, 0.4) is 0 Å². The summed E-state index contributed by atoms with van der Waals surface area (Å²) in [5.41, 5.74) is 3.97. The highest BCUT2D eigenvalue weighted by Gasteiger charge is 2.48.